The van der Waals surface area contributed by atoms with Crippen molar-refractivity contribution in [3.05, 3.63) is 59.5 Å². The quantitative estimate of drug-likeness (QED) is 0.367. The van der Waals surface area contributed by atoms with Crippen LogP contribution in [-0.4, -0.2) is 38.3 Å². The van der Waals surface area contributed by atoms with Crippen molar-refractivity contribution in [3.63, 3.8) is 0 Å². The van der Waals surface area contributed by atoms with Gasteiger partial charge in [0.2, 0.25) is 6.41 Å². The first kappa shape index (κ1) is 22.5. The van der Waals surface area contributed by atoms with E-state index in [1.807, 2.05) is 57.2 Å². The van der Waals surface area contributed by atoms with E-state index in [1.165, 1.54) is 5.06 Å². The summed E-state index contributed by atoms with van der Waals surface area (Å²) < 4.78 is 0. The van der Waals surface area contributed by atoms with E-state index in [0.29, 0.717) is 10.9 Å². The molecule has 0 spiro atoms. The van der Waals surface area contributed by atoms with Crippen LogP contribution in [0.1, 0.15) is 58.1 Å². The fourth-order valence-corrected chi connectivity index (χ4v) is 4.52. The van der Waals surface area contributed by atoms with Gasteiger partial charge in [0.05, 0.1) is 11.6 Å². The number of H-pyrrole nitrogens is 1. The van der Waals surface area contributed by atoms with Gasteiger partial charge in [-0.25, -0.2) is 5.06 Å². The van der Waals surface area contributed by atoms with Crippen LogP contribution >= 0.6 is 11.6 Å². The van der Waals surface area contributed by atoms with Crippen LogP contribution in [0.25, 0.3) is 22.4 Å². The largest absolute Gasteiger partial charge is 0.281 e. The van der Waals surface area contributed by atoms with E-state index < -0.39 is 5.60 Å². The van der Waals surface area contributed by atoms with Crippen LogP contribution in [0.2, 0.25) is 5.02 Å². The molecule has 1 fully saturated rings. The normalized spacial score (nSPS) is 19.0. The Morgan fingerprint density at radius 1 is 1.03 bits per heavy atom. The van der Waals surface area contributed by atoms with Gasteiger partial charge >= 0.3 is 0 Å². The first-order valence-corrected chi connectivity index (χ1v) is 11.4. The van der Waals surface area contributed by atoms with Gasteiger partial charge in [0.1, 0.15) is 5.69 Å². The summed E-state index contributed by atoms with van der Waals surface area (Å²) in [6.45, 7) is 5.87. The molecule has 3 aromatic rings. The average molecular weight is 453 g/mol. The van der Waals surface area contributed by atoms with E-state index >= 15 is 0 Å². The van der Waals surface area contributed by atoms with Crippen molar-refractivity contribution < 1.29 is 9.63 Å². The van der Waals surface area contributed by atoms with Crippen molar-refractivity contribution >= 4 is 18.0 Å². The molecule has 7 heteroatoms. The highest BCUT2D eigenvalue weighted by Crippen LogP contribution is 2.42. The predicted molar refractivity (Wildman–Crippen MR) is 126 cm³/mol. The Kier molecular flexibility index (Phi) is 6.63. The number of hydrogen-bond acceptors (Lipinski definition) is 4. The zero-order valence-corrected chi connectivity index (χ0v) is 19.5. The zero-order chi connectivity index (χ0) is 22.7. The predicted octanol–water partition coefficient (Wildman–Crippen LogP) is 6.01. The maximum absolute atomic E-state index is 11.6. The van der Waals surface area contributed by atoms with Gasteiger partial charge in [-0.3, -0.25) is 19.7 Å². The van der Waals surface area contributed by atoms with E-state index in [9.17, 15) is 4.79 Å². The summed E-state index contributed by atoms with van der Waals surface area (Å²) in [7, 11) is 0. The Morgan fingerprint density at radius 2 is 1.69 bits per heavy atom. The second-order valence-corrected chi connectivity index (χ2v) is 9.71. The van der Waals surface area contributed by atoms with E-state index in [2.05, 4.69) is 10.1 Å². The zero-order valence-electron chi connectivity index (χ0n) is 18.7. The number of pyridine rings is 1. The number of carbonyl (C=O) groups excluding carboxylic acids is 1. The fourth-order valence-electron chi connectivity index (χ4n) is 4.40. The fraction of sp³-hybridized carbons (Fsp3) is 0.400. The number of hydrogen-bond donors (Lipinski definition) is 1. The van der Waals surface area contributed by atoms with Crippen molar-refractivity contribution in [3.8, 4) is 22.4 Å². The topological polar surface area (TPSA) is 71.1 Å². The van der Waals surface area contributed by atoms with Gasteiger partial charge in [-0.15, -0.1) is 0 Å². The molecule has 0 atom stereocenters. The van der Waals surface area contributed by atoms with Gasteiger partial charge in [-0.1, -0.05) is 23.7 Å². The number of aromatic nitrogens is 3. The maximum Gasteiger partial charge on any atom is 0.233 e. The van der Waals surface area contributed by atoms with Crippen LogP contribution in [0.5, 0.6) is 0 Å². The van der Waals surface area contributed by atoms with Crippen molar-refractivity contribution in [1.82, 2.24) is 20.2 Å². The number of carbonyl (C=O) groups is 1. The Labute approximate surface area is 193 Å². The highest BCUT2D eigenvalue weighted by atomic mass is 35.5. The summed E-state index contributed by atoms with van der Waals surface area (Å²) in [6, 6.07) is 11.9. The molecule has 1 N–H and O–H groups in total. The molecule has 4 rings (SSSR count). The second-order valence-electron chi connectivity index (χ2n) is 9.28. The van der Waals surface area contributed by atoms with Crippen LogP contribution in [0.3, 0.4) is 0 Å². The van der Waals surface area contributed by atoms with Gasteiger partial charge in [-0.05, 0) is 76.3 Å². The summed E-state index contributed by atoms with van der Waals surface area (Å²) in [5.74, 6) is 0.325. The van der Waals surface area contributed by atoms with Gasteiger partial charge in [0.15, 0.2) is 0 Å². The van der Waals surface area contributed by atoms with Crippen LogP contribution < -0.4 is 0 Å². The number of hydroxylamine groups is 2. The first-order valence-electron chi connectivity index (χ1n) is 11.0. The molecule has 168 valence electrons. The van der Waals surface area contributed by atoms with Gasteiger partial charge in [0.25, 0.3) is 0 Å². The summed E-state index contributed by atoms with van der Waals surface area (Å²) in [5, 5.41) is 10.2. The third-order valence-corrected chi connectivity index (χ3v) is 6.08. The van der Waals surface area contributed by atoms with Crippen LogP contribution in [0.15, 0.2) is 48.8 Å². The number of halogens is 1. The highest BCUT2D eigenvalue weighted by molar-refractivity contribution is 6.30. The monoisotopic (exact) mass is 452 g/mol. The lowest BCUT2D eigenvalue weighted by Crippen LogP contribution is -2.42. The summed E-state index contributed by atoms with van der Waals surface area (Å²) in [6.07, 6.45) is 8.08. The molecule has 2 heterocycles. The minimum Gasteiger partial charge on any atom is -0.281 e. The molecule has 0 aliphatic heterocycles. The number of aromatic amines is 1. The van der Waals surface area contributed by atoms with Gasteiger partial charge in [0, 0.05) is 40.2 Å². The maximum atomic E-state index is 11.6. The van der Waals surface area contributed by atoms with Crippen LogP contribution in [0, 0.1) is 0 Å². The molecule has 32 heavy (non-hydrogen) atoms. The van der Waals surface area contributed by atoms with Crippen LogP contribution in [-0.2, 0) is 9.63 Å². The molecule has 1 aromatic carbocycles. The van der Waals surface area contributed by atoms with E-state index in [4.69, 9.17) is 21.5 Å². The lowest BCUT2D eigenvalue weighted by Gasteiger charge is -2.37. The number of benzene rings is 1. The second kappa shape index (κ2) is 9.43. The standard InChI is InChI=1S/C25H29ClN4O2/c1-25(2,3)32-30(16-31)21-10-6-19(7-11-21)24-22(17-12-14-27-15-13-17)23(28-29-24)18-4-8-20(26)9-5-18/h4-5,8-9,12-16,19,21H,6-7,10-11H2,1-3H3,(H,28,29). The van der Waals surface area contributed by atoms with Gasteiger partial charge in [-0.2, -0.15) is 5.10 Å². The Balaban J connectivity index is 1.61. The van der Waals surface area contributed by atoms with E-state index in [-0.39, 0.29) is 6.04 Å². The summed E-state index contributed by atoms with van der Waals surface area (Å²) in [4.78, 5) is 21.7. The SMILES string of the molecule is CC(C)(C)ON(C=O)C1CCC(c2[nH]nc(-c3ccc(Cl)cc3)c2-c2ccncc2)CC1. The minimum absolute atomic E-state index is 0.0889. The summed E-state index contributed by atoms with van der Waals surface area (Å²) >= 11 is 6.10. The molecule has 1 amide bonds. The smallest absolute Gasteiger partial charge is 0.233 e. The Morgan fingerprint density at radius 3 is 2.28 bits per heavy atom. The van der Waals surface area contributed by atoms with Crippen molar-refractivity contribution in [2.75, 3.05) is 0 Å². The molecule has 0 unspecified atom stereocenters. The molecule has 1 aliphatic rings. The van der Waals surface area contributed by atoms with Gasteiger partial charge < -0.3 is 0 Å². The molecular weight excluding hydrogens is 424 g/mol. The number of rotatable bonds is 6. The minimum atomic E-state index is -0.400. The third kappa shape index (κ3) is 5.03. The average Bonchev–Trinajstić information content (AvgIpc) is 3.23. The number of amides is 1. The number of nitrogens with one attached hydrogen (secondary N) is 1. The lowest BCUT2D eigenvalue weighted by molar-refractivity contribution is -0.235. The Hall–Kier alpha value is -2.70. The summed E-state index contributed by atoms with van der Waals surface area (Å²) in [5.41, 5.74) is 4.86. The van der Waals surface area contributed by atoms with Crippen molar-refractivity contribution in [2.45, 2.75) is 64.0 Å². The molecule has 6 nitrogen and oxygen atoms in total. The molecule has 2 aromatic heterocycles. The Bertz CT molecular complexity index is 1040. The first-order chi connectivity index (χ1) is 15.4. The lowest BCUT2D eigenvalue weighted by atomic mass is 9.81. The molecule has 0 radical (unpaired) electrons. The molecule has 0 saturated heterocycles. The van der Waals surface area contributed by atoms with Crippen molar-refractivity contribution in [2.24, 2.45) is 0 Å². The molecule has 0 bridgehead atoms. The van der Waals surface area contributed by atoms with E-state index in [1.54, 1.807) is 12.4 Å². The van der Waals surface area contributed by atoms with Crippen LogP contribution in [0.4, 0.5) is 0 Å². The molecular formula is C25H29ClN4O2. The highest BCUT2D eigenvalue weighted by Gasteiger charge is 2.32. The number of nitrogens with zero attached hydrogens (tertiary/aromatic N) is 3. The third-order valence-electron chi connectivity index (χ3n) is 5.83. The molecule has 1 saturated carbocycles. The molecule has 1 aliphatic carbocycles. The van der Waals surface area contributed by atoms with Crippen molar-refractivity contribution in [1.29, 1.82) is 0 Å². The van der Waals surface area contributed by atoms with E-state index in [0.717, 1.165) is 60.2 Å².